The van der Waals surface area contributed by atoms with Gasteiger partial charge in [-0.25, -0.2) is 4.39 Å². The van der Waals surface area contributed by atoms with E-state index in [2.05, 4.69) is 5.16 Å². The van der Waals surface area contributed by atoms with Gasteiger partial charge in [0.2, 0.25) is 0 Å². The Morgan fingerprint density at radius 2 is 2.22 bits per heavy atom. The molecule has 0 amide bonds. The van der Waals surface area contributed by atoms with Crippen LogP contribution in [0.5, 0.6) is 5.75 Å². The van der Waals surface area contributed by atoms with E-state index in [1.54, 1.807) is 26.0 Å². The first-order chi connectivity index (χ1) is 8.56. The van der Waals surface area contributed by atoms with Gasteiger partial charge in [0.25, 0.3) is 0 Å². The molecule has 0 saturated heterocycles. The van der Waals surface area contributed by atoms with Crippen molar-refractivity contribution >= 4 is 0 Å². The Labute approximate surface area is 104 Å². The summed E-state index contributed by atoms with van der Waals surface area (Å²) in [6.45, 7) is 3.49. The average molecular weight is 251 g/mol. The van der Waals surface area contributed by atoms with Crippen LogP contribution in [0.3, 0.4) is 0 Å². The van der Waals surface area contributed by atoms with Crippen LogP contribution in [0.4, 0.5) is 4.39 Å². The minimum atomic E-state index is -0.703. The molecule has 0 radical (unpaired) electrons. The molecule has 0 bridgehead atoms. The van der Waals surface area contributed by atoms with E-state index in [0.29, 0.717) is 11.3 Å². The fraction of sp³-hybridized carbons (Fsp3) is 0.308. The molecule has 2 aromatic rings. The number of benzene rings is 1. The Hall–Kier alpha value is -1.88. The van der Waals surface area contributed by atoms with E-state index >= 15 is 0 Å². The molecule has 4 nitrogen and oxygen atoms in total. The van der Waals surface area contributed by atoms with Crippen LogP contribution in [-0.4, -0.2) is 10.3 Å². The first-order valence-corrected chi connectivity index (χ1v) is 5.59. The molecule has 0 aliphatic heterocycles. The maximum Gasteiger partial charge on any atom is 0.174 e. The van der Waals surface area contributed by atoms with Gasteiger partial charge in [0, 0.05) is 6.07 Å². The summed E-state index contributed by atoms with van der Waals surface area (Å²) in [5, 5.41) is 13.0. The smallest absolute Gasteiger partial charge is 0.174 e. The van der Waals surface area contributed by atoms with Gasteiger partial charge in [-0.2, -0.15) is 0 Å². The molecule has 0 saturated carbocycles. The monoisotopic (exact) mass is 251 g/mol. The summed E-state index contributed by atoms with van der Waals surface area (Å²) in [5.41, 5.74) is 1.26. The highest BCUT2D eigenvalue weighted by Crippen LogP contribution is 2.22. The second-order valence-electron chi connectivity index (χ2n) is 4.09. The number of ether oxygens (including phenoxy) is 1. The highest BCUT2D eigenvalue weighted by molar-refractivity contribution is 5.30. The molecule has 1 atom stereocenters. The number of aliphatic hydroxyl groups excluding tert-OH is 1. The van der Waals surface area contributed by atoms with Crippen LogP contribution >= 0.6 is 0 Å². The Balaban J connectivity index is 2.05. The zero-order valence-electron chi connectivity index (χ0n) is 10.2. The van der Waals surface area contributed by atoms with E-state index in [1.807, 2.05) is 0 Å². The minimum Gasteiger partial charge on any atom is -0.482 e. The van der Waals surface area contributed by atoms with E-state index in [0.717, 1.165) is 5.69 Å². The quantitative estimate of drug-likeness (QED) is 0.907. The summed E-state index contributed by atoms with van der Waals surface area (Å²) in [7, 11) is 0. The Morgan fingerprint density at radius 1 is 1.44 bits per heavy atom. The molecule has 0 aliphatic rings. The molecule has 0 spiro atoms. The predicted molar refractivity (Wildman–Crippen MR) is 62.6 cm³/mol. The van der Waals surface area contributed by atoms with Gasteiger partial charge >= 0.3 is 0 Å². The molecular formula is C13H14FNO3. The first-order valence-electron chi connectivity index (χ1n) is 5.59. The zero-order valence-corrected chi connectivity index (χ0v) is 10.2. The largest absolute Gasteiger partial charge is 0.482 e. The summed E-state index contributed by atoms with van der Waals surface area (Å²) in [5.74, 6) is 0.143. The Morgan fingerprint density at radius 3 is 2.78 bits per heavy atom. The Bertz CT molecular complexity index is 537. The van der Waals surface area contributed by atoms with Gasteiger partial charge in [-0.3, -0.25) is 0 Å². The molecule has 0 unspecified atom stereocenters. The molecule has 0 aliphatic carbocycles. The molecule has 1 heterocycles. The minimum absolute atomic E-state index is 0.117. The SMILES string of the molecule is Cc1cc(COc2ccc([C@H](C)O)cc2F)on1. The van der Waals surface area contributed by atoms with Gasteiger partial charge in [-0.15, -0.1) is 0 Å². The standard InChI is InChI=1S/C13H14FNO3/c1-8-5-11(18-15-8)7-17-13-4-3-10(9(2)16)6-12(13)14/h3-6,9,16H,7H2,1-2H3/t9-/m0/s1. The van der Waals surface area contributed by atoms with E-state index in [4.69, 9.17) is 9.26 Å². The molecule has 1 aromatic heterocycles. The number of nitrogens with zero attached hydrogens (tertiary/aromatic N) is 1. The van der Waals surface area contributed by atoms with Gasteiger partial charge in [0.05, 0.1) is 11.8 Å². The fourth-order valence-corrected chi connectivity index (χ4v) is 1.53. The predicted octanol–water partition coefficient (Wildman–Crippen LogP) is 2.75. The van der Waals surface area contributed by atoms with Gasteiger partial charge < -0.3 is 14.4 Å². The second kappa shape index (κ2) is 5.18. The lowest BCUT2D eigenvalue weighted by Gasteiger charge is -2.08. The number of hydrogen-bond acceptors (Lipinski definition) is 4. The lowest BCUT2D eigenvalue weighted by molar-refractivity contribution is 0.198. The molecule has 5 heteroatoms. The van der Waals surface area contributed by atoms with Crippen molar-refractivity contribution in [3.8, 4) is 5.75 Å². The zero-order chi connectivity index (χ0) is 13.1. The maximum atomic E-state index is 13.6. The summed E-state index contributed by atoms with van der Waals surface area (Å²) >= 11 is 0. The van der Waals surface area contributed by atoms with Crippen molar-refractivity contribution < 1.29 is 18.8 Å². The van der Waals surface area contributed by atoms with E-state index < -0.39 is 11.9 Å². The molecule has 1 N–H and O–H groups in total. The van der Waals surface area contributed by atoms with Crippen LogP contribution in [0.1, 0.15) is 30.0 Å². The van der Waals surface area contributed by atoms with Gasteiger partial charge in [-0.1, -0.05) is 11.2 Å². The number of halogens is 1. The first kappa shape index (κ1) is 12.6. The molecule has 96 valence electrons. The third kappa shape index (κ3) is 2.87. The number of aromatic nitrogens is 1. The molecule has 18 heavy (non-hydrogen) atoms. The third-order valence-corrected chi connectivity index (χ3v) is 2.49. The Kier molecular flexibility index (Phi) is 3.62. The van der Waals surface area contributed by atoms with Crippen molar-refractivity contribution in [2.24, 2.45) is 0 Å². The number of hydrogen-bond donors (Lipinski definition) is 1. The number of aryl methyl sites for hydroxylation is 1. The van der Waals surface area contributed by atoms with E-state index in [-0.39, 0.29) is 12.4 Å². The van der Waals surface area contributed by atoms with Crippen LogP contribution in [0, 0.1) is 12.7 Å². The van der Waals surface area contributed by atoms with Crippen molar-refractivity contribution in [1.82, 2.24) is 5.16 Å². The topological polar surface area (TPSA) is 55.5 Å². The second-order valence-corrected chi connectivity index (χ2v) is 4.09. The van der Waals surface area contributed by atoms with Crippen molar-refractivity contribution in [2.75, 3.05) is 0 Å². The van der Waals surface area contributed by atoms with Crippen molar-refractivity contribution in [1.29, 1.82) is 0 Å². The van der Waals surface area contributed by atoms with Crippen LogP contribution in [0.25, 0.3) is 0 Å². The van der Waals surface area contributed by atoms with Crippen molar-refractivity contribution in [3.63, 3.8) is 0 Å². The highest BCUT2D eigenvalue weighted by atomic mass is 19.1. The number of rotatable bonds is 4. The molecule has 1 aromatic carbocycles. The van der Waals surface area contributed by atoms with Crippen LogP contribution in [-0.2, 0) is 6.61 Å². The summed E-state index contributed by atoms with van der Waals surface area (Å²) in [6.07, 6.45) is -0.703. The number of aliphatic hydroxyl groups is 1. The summed E-state index contributed by atoms with van der Waals surface area (Å²) in [6, 6.07) is 6.09. The summed E-state index contributed by atoms with van der Waals surface area (Å²) < 4.78 is 23.9. The fourth-order valence-electron chi connectivity index (χ4n) is 1.53. The normalized spacial score (nSPS) is 12.4. The van der Waals surface area contributed by atoms with E-state index in [1.165, 1.54) is 12.1 Å². The third-order valence-electron chi connectivity index (χ3n) is 2.49. The lowest BCUT2D eigenvalue weighted by atomic mass is 10.1. The molecule has 2 rings (SSSR count). The van der Waals surface area contributed by atoms with Gasteiger partial charge in [0.15, 0.2) is 17.3 Å². The van der Waals surface area contributed by atoms with Crippen LogP contribution < -0.4 is 4.74 Å². The van der Waals surface area contributed by atoms with Crippen LogP contribution in [0.2, 0.25) is 0 Å². The average Bonchev–Trinajstić information content (AvgIpc) is 2.73. The van der Waals surface area contributed by atoms with Crippen molar-refractivity contribution in [3.05, 3.63) is 47.1 Å². The van der Waals surface area contributed by atoms with E-state index in [9.17, 15) is 9.50 Å². The van der Waals surface area contributed by atoms with Crippen LogP contribution in [0.15, 0.2) is 28.8 Å². The molecular weight excluding hydrogens is 237 g/mol. The van der Waals surface area contributed by atoms with Gasteiger partial charge in [-0.05, 0) is 31.5 Å². The van der Waals surface area contributed by atoms with Gasteiger partial charge in [0.1, 0.15) is 6.61 Å². The maximum absolute atomic E-state index is 13.6. The molecule has 0 fully saturated rings. The summed E-state index contributed by atoms with van der Waals surface area (Å²) in [4.78, 5) is 0. The highest BCUT2D eigenvalue weighted by Gasteiger charge is 2.09. The lowest BCUT2D eigenvalue weighted by Crippen LogP contribution is -1.98. The van der Waals surface area contributed by atoms with Crippen molar-refractivity contribution in [2.45, 2.75) is 26.6 Å².